The van der Waals surface area contributed by atoms with Crippen LogP contribution in [-0.4, -0.2) is 39.4 Å². The zero-order valence-corrected chi connectivity index (χ0v) is 20.5. The zero-order valence-electron chi connectivity index (χ0n) is 19.7. The lowest BCUT2D eigenvalue weighted by atomic mass is 9.49. The molecule has 6 heteroatoms. The lowest BCUT2D eigenvalue weighted by Gasteiger charge is -2.58. The smallest absolute Gasteiger partial charge is 0.302 e. The highest BCUT2D eigenvalue weighted by molar-refractivity contribution is 8.14. The minimum atomic E-state index is -0.735. The molecule has 0 spiro atoms. The standard InChI is InChI=1S/C26H38O5S/c1-4-25-11-8-21-20-7-6-19(29)14-18(20)15-23(32-17(3)28)24(21)22(25)9-12-26(25,30)10-5-13-31-16(2)27/h14,20-24,30H,4-13,15H2,1-3H3/t20-,21+,22-,23+,24+,25-,26-/m0/s1. The van der Waals surface area contributed by atoms with Crippen LogP contribution in [0, 0.1) is 29.1 Å². The summed E-state index contributed by atoms with van der Waals surface area (Å²) in [5.74, 6) is 1.76. The Morgan fingerprint density at radius 3 is 2.69 bits per heavy atom. The van der Waals surface area contributed by atoms with Crippen LogP contribution in [0.25, 0.3) is 0 Å². The van der Waals surface area contributed by atoms with E-state index in [4.69, 9.17) is 4.74 Å². The maximum absolute atomic E-state index is 12.2. The fraction of sp³-hybridized carbons (Fsp3) is 0.808. The van der Waals surface area contributed by atoms with Crippen molar-refractivity contribution in [3.63, 3.8) is 0 Å². The molecule has 4 aliphatic carbocycles. The Balaban J connectivity index is 1.62. The molecule has 0 radical (unpaired) electrons. The van der Waals surface area contributed by atoms with Crippen LogP contribution in [0.2, 0.25) is 0 Å². The quantitative estimate of drug-likeness (QED) is 0.449. The molecule has 0 aromatic heterocycles. The van der Waals surface area contributed by atoms with Gasteiger partial charge in [-0.05, 0) is 87.5 Å². The summed E-state index contributed by atoms with van der Waals surface area (Å²) in [4.78, 5) is 35.5. The van der Waals surface area contributed by atoms with Crippen LogP contribution in [0.1, 0.15) is 85.0 Å². The average Bonchev–Trinajstić information content (AvgIpc) is 3.03. The maximum atomic E-state index is 12.2. The topological polar surface area (TPSA) is 80.7 Å². The molecule has 0 aliphatic heterocycles. The summed E-state index contributed by atoms with van der Waals surface area (Å²) in [6.07, 6.45) is 10.5. The van der Waals surface area contributed by atoms with Gasteiger partial charge < -0.3 is 9.84 Å². The van der Waals surface area contributed by atoms with Gasteiger partial charge in [0.25, 0.3) is 0 Å². The van der Waals surface area contributed by atoms with E-state index >= 15 is 0 Å². The number of hydrogen-bond acceptors (Lipinski definition) is 6. The molecule has 0 unspecified atom stereocenters. The molecule has 4 aliphatic rings. The van der Waals surface area contributed by atoms with Crippen molar-refractivity contribution < 1.29 is 24.2 Å². The highest BCUT2D eigenvalue weighted by Gasteiger charge is 2.64. The van der Waals surface area contributed by atoms with Gasteiger partial charge in [0, 0.05) is 30.9 Å². The van der Waals surface area contributed by atoms with Gasteiger partial charge in [0.15, 0.2) is 10.9 Å². The molecule has 5 nitrogen and oxygen atoms in total. The lowest BCUT2D eigenvalue weighted by Crippen LogP contribution is -2.56. The monoisotopic (exact) mass is 462 g/mol. The van der Waals surface area contributed by atoms with Gasteiger partial charge in [0.2, 0.25) is 0 Å². The Kier molecular flexibility index (Phi) is 6.94. The summed E-state index contributed by atoms with van der Waals surface area (Å²) in [5, 5.41) is 12.3. The second-order valence-corrected chi connectivity index (χ2v) is 12.0. The number of carbonyl (C=O) groups excluding carboxylic acids is 3. The predicted octanol–water partition coefficient (Wildman–Crippen LogP) is 4.85. The van der Waals surface area contributed by atoms with Crippen molar-refractivity contribution in [3.05, 3.63) is 11.6 Å². The summed E-state index contributed by atoms with van der Waals surface area (Å²) >= 11 is 1.47. The lowest BCUT2D eigenvalue weighted by molar-refractivity contribution is -0.145. The molecule has 7 atom stereocenters. The van der Waals surface area contributed by atoms with E-state index in [1.165, 1.54) is 24.3 Å². The van der Waals surface area contributed by atoms with E-state index in [1.807, 2.05) is 6.08 Å². The van der Waals surface area contributed by atoms with Gasteiger partial charge in [-0.1, -0.05) is 24.3 Å². The Bertz CT molecular complexity index is 806. The normalized spacial score (nSPS) is 40.7. The zero-order chi connectivity index (χ0) is 23.1. The fourth-order valence-electron chi connectivity index (χ4n) is 8.16. The van der Waals surface area contributed by atoms with E-state index < -0.39 is 5.60 Å². The minimum absolute atomic E-state index is 0.133. The number of thioether (sulfide) groups is 1. The maximum Gasteiger partial charge on any atom is 0.302 e. The van der Waals surface area contributed by atoms with Crippen LogP contribution in [0.15, 0.2) is 11.6 Å². The van der Waals surface area contributed by atoms with E-state index in [0.29, 0.717) is 49.5 Å². The van der Waals surface area contributed by atoms with E-state index in [9.17, 15) is 19.5 Å². The van der Waals surface area contributed by atoms with E-state index in [-0.39, 0.29) is 27.5 Å². The third-order valence-corrected chi connectivity index (χ3v) is 10.4. The molecule has 3 saturated carbocycles. The highest BCUT2D eigenvalue weighted by Crippen LogP contribution is 2.68. The van der Waals surface area contributed by atoms with Crippen LogP contribution in [0.5, 0.6) is 0 Å². The Hall–Kier alpha value is -1.14. The average molecular weight is 463 g/mol. The van der Waals surface area contributed by atoms with Crippen LogP contribution >= 0.6 is 11.8 Å². The van der Waals surface area contributed by atoms with Gasteiger partial charge in [0.05, 0.1) is 12.2 Å². The largest absolute Gasteiger partial charge is 0.466 e. The van der Waals surface area contributed by atoms with Crippen molar-refractivity contribution >= 4 is 28.6 Å². The second-order valence-electron chi connectivity index (χ2n) is 10.6. The summed E-state index contributed by atoms with van der Waals surface area (Å²) in [7, 11) is 0. The van der Waals surface area contributed by atoms with Crippen LogP contribution in [0.4, 0.5) is 0 Å². The molecule has 32 heavy (non-hydrogen) atoms. The van der Waals surface area contributed by atoms with Gasteiger partial charge in [-0.2, -0.15) is 0 Å². The third-order valence-electron chi connectivity index (χ3n) is 9.28. The molecule has 0 aromatic rings. The minimum Gasteiger partial charge on any atom is -0.466 e. The summed E-state index contributed by atoms with van der Waals surface area (Å²) < 4.78 is 5.14. The van der Waals surface area contributed by atoms with E-state index in [2.05, 4.69) is 6.92 Å². The predicted molar refractivity (Wildman–Crippen MR) is 125 cm³/mol. The van der Waals surface area contributed by atoms with Gasteiger partial charge in [0.1, 0.15) is 0 Å². The molecule has 0 bridgehead atoms. The number of aliphatic hydroxyl groups is 1. The first-order chi connectivity index (χ1) is 15.2. The number of allylic oxidation sites excluding steroid dienone is 1. The number of esters is 1. The van der Waals surface area contributed by atoms with Crippen molar-refractivity contribution in [3.8, 4) is 0 Å². The van der Waals surface area contributed by atoms with Gasteiger partial charge in [-0.25, -0.2) is 0 Å². The molecule has 0 aromatic carbocycles. The molecule has 1 N–H and O–H groups in total. The number of ketones is 1. The number of rotatable bonds is 6. The summed E-state index contributed by atoms with van der Waals surface area (Å²) in [6, 6.07) is 0. The van der Waals surface area contributed by atoms with Crippen molar-refractivity contribution in [1.29, 1.82) is 0 Å². The third kappa shape index (κ3) is 4.11. The Labute approximate surface area is 196 Å². The first-order valence-corrected chi connectivity index (χ1v) is 13.3. The van der Waals surface area contributed by atoms with Gasteiger partial charge >= 0.3 is 5.97 Å². The van der Waals surface area contributed by atoms with Crippen molar-refractivity contribution in [2.24, 2.45) is 29.1 Å². The number of carbonyl (C=O) groups is 3. The van der Waals surface area contributed by atoms with E-state index in [1.54, 1.807) is 6.92 Å². The Morgan fingerprint density at radius 1 is 1.22 bits per heavy atom. The molecule has 0 heterocycles. The SMILES string of the molecule is CC[C@]12CC[C@H]3[C@@H]([C@H](SC(C)=O)CC4=CC(=O)CC[C@@H]43)[C@@H]1CC[C@@]2(O)CCCOC(C)=O. The number of ether oxygens (including phenoxy) is 1. The molecule has 178 valence electrons. The Morgan fingerprint density at radius 2 is 2.00 bits per heavy atom. The van der Waals surface area contributed by atoms with Crippen LogP contribution < -0.4 is 0 Å². The van der Waals surface area contributed by atoms with Gasteiger partial charge in [-0.3, -0.25) is 14.4 Å². The first-order valence-electron chi connectivity index (χ1n) is 12.5. The van der Waals surface area contributed by atoms with Crippen molar-refractivity contribution in [2.75, 3.05) is 6.61 Å². The molecule has 4 rings (SSSR count). The van der Waals surface area contributed by atoms with Gasteiger partial charge in [-0.15, -0.1) is 0 Å². The number of hydrogen-bond donors (Lipinski definition) is 1. The first kappa shape index (κ1) is 24.0. The highest BCUT2D eigenvalue weighted by atomic mass is 32.2. The molecule has 0 amide bonds. The summed E-state index contributed by atoms with van der Waals surface area (Å²) in [6.45, 7) is 5.66. The van der Waals surface area contributed by atoms with Crippen LogP contribution in [0.3, 0.4) is 0 Å². The fourth-order valence-corrected chi connectivity index (χ4v) is 9.41. The second kappa shape index (κ2) is 9.25. The van der Waals surface area contributed by atoms with Crippen molar-refractivity contribution in [2.45, 2.75) is 95.8 Å². The molecular weight excluding hydrogens is 424 g/mol. The van der Waals surface area contributed by atoms with Crippen molar-refractivity contribution in [1.82, 2.24) is 0 Å². The molecular formula is C26H38O5S. The number of fused-ring (bicyclic) bond motifs is 5. The molecule has 3 fully saturated rings. The van der Waals surface area contributed by atoms with E-state index in [0.717, 1.165) is 44.9 Å². The molecule has 0 saturated heterocycles. The van der Waals surface area contributed by atoms with Crippen LogP contribution in [-0.2, 0) is 19.1 Å². The summed E-state index contributed by atoms with van der Waals surface area (Å²) in [5.41, 5.74) is 0.410.